The normalized spacial score (nSPS) is 14.5. The van der Waals surface area contributed by atoms with E-state index < -0.39 is 0 Å². The highest BCUT2D eigenvalue weighted by molar-refractivity contribution is 5.77. The van der Waals surface area contributed by atoms with Gasteiger partial charge in [-0.15, -0.1) is 0 Å². The lowest BCUT2D eigenvalue weighted by molar-refractivity contribution is -0.123. The number of hydrogen-bond donors (Lipinski definition) is 1. The van der Waals surface area contributed by atoms with Gasteiger partial charge in [-0.3, -0.25) is 4.79 Å². The second-order valence-electron chi connectivity index (χ2n) is 6.23. The van der Waals surface area contributed by atoms with Crippen molar-refractivity contribution in [2.45, 2.75) is 18.3 Å². The summed E-state index contributed by atoms with van der Waals surface area (Å²) in [6, 6.07) is 15.4. The zero-order chi connectivity index (χ0) is 17.7. The standard InChI is InChI=1S/C20H23NO4/c1-23-16-9-7-15(8-10-16)20(11-12-20)14-21-19(22)13-25-18-6-4-3-5-17(18)24-2/h3-10H,11-14H2,1-2H3,(H,21,22). The van der Waals surface area contributed by atoms with Crippen LogP contribution in [0.4, 0.5) is 0 Å². The van der Waals surface area contributed by atoms with Crippen molar-refractivity contribution in [1.29, 1.82) is 0 Å². The van der Waals surface area contributed by atoms with Crippen molar-refractivity contribution in [2.24, 2.45) is 0 Å². The third kappa shape index (κ3) is 4.05. The van der Waals surface area contributed by atoms with E-state index in [1.54, 1.807) is 26.4 Å². The molecule has 0 heterocycles. The van der Waals surface area contributed by atoms with Crippen LogP contribution < -0.4 is 19.5 Å². The van der Waals surface area contributed by atoms with E-state index in [0.717, 1.165) is 18.6 Å². The minimum absolute atomic E-state index is 0.0287. The number of amides is 1. The molecule has 1 aliphatic carbocycles. The first-order valence-electron chi connectivity index (χ1n) is 8.34. The highest BCUT2D eigenvalue weighted by Gasteiger charge is 2.44. The second-order valence-corrected chi connectivity index (χ2v) is 6.23. The fourth-order valence-electron chi connectivity index (χ4n) is 2.86. The van der Waals surface area contributed by atoms with Crippen LogP contribution in [0.25, 0.3) is 0 Å². The first-order chi connectivity index (χ1) is 12.2. The lowest BCUT2D eigenvalue weighted by Gasteiger charge is -2.17. The van der Waals surface area contributed by atoms with E-state index in [2.05, 4.69) is 17.4 Å². The van der Waals surface area contributed by atoms with Gasteiger partial charge < -0.3 is 19.5 Å². The molecule has 132 valence electrons. The van der Waals surface area contributed by atoms with Crippen molar-refractivity contribution in [3.63, 3.8) is 0 Å². The molecule has 0 aromatic heterocycles. The van der Waals surface area contributed by atoms with Crippen molar-refractivity contribution in [2.75, 3.05) is 27.4 Å². The fraction of sp³-hybridized carbons (Fsp3) is 0.350. The lowest BCUT2D eigenvalue weighted by atomic mass is 9.96. The molecular formula is C20H23NO4. The van der Waals surface area contributed by atoms with Crippen LogP contribution in [0.2, 0.25) is 0 Å². The Bertz CT molecular complexity index is 723. The molecule has 0 unspecified atom stereocenters. The minimum Gasteiger partial charge on any atom is -0.497 e. The van der Waals surface area contributed by atoms with Gasteiger partial charge in [-0.2, -0.15) is 0 Å². The SMILES string of the molecule is COc1ccc(C2(CNC(=O)COc3ccccc3OC)CC2)cc1. The maximum Gasteiger partial charge on any atom is 0.257 e. The summed E-state index contributed by atoms with van der Waals surface area (Å²) in [6.07, 6.45) is 2.15. The van der Waals surface area contributed by atoms with E-state index >= 15 is 0 Å². The molecule has 0 aliphatic heterocycles. The Hall–Kier alpha value is -2.69. The molecule has 3 rings (SSSR count). The zero-order valence-electron chi connectivity index (χ0n) is 14.6. The molecule has 2 aromatic carbocycles. The van der Waals surface area contributed by atoms with Gasteiger partial charge in [0, 0.05) is 12.0 Å². The smallest absolute Gasteiger partial charge is 0.257 e. The van der Waals surface area contributed by atoms with Crippen molar-refractivity contribution in [1.82, 2.24) is 5.32 Å². The molecule has 25 heavy (non-hydrogen) atoms. The number of ether oxygens (including phenoxy) is 3. The van der Waals surface area contributed by atoms with Gasteiger partial charge >= 0.3 is 0 Å². The number of para-hydroxylation sites is 2. The largest absolute Gasteiger partial charge is 0.497 e. The molecule has 0 bridgehead atoms. The van der Waals surface area contributed by atoms with Gasteiger partial charge in [-0.1, -0.05) is 24.3 Å². The highest BCUT2D eigenvalue weighted by atomic mass is 16.5. The summed E-state index contributed by atoms with van der Waals surface area (Å²) in [4.78, 5) is 12.1. The number of methoxy groups -OCH3 is 2. The van der Waals surface area contributed by atoms with Gasteiger partial charge in [0.1, 0.15) is 5.75 Å². The Morgan fingerprint density at radius 3 is 2.28 bits per heavy atom. The van der Waals surface area contributed by atoms with Gasteiger partial charge in [0.25, 0.3) is 5.91 Å². The number of carbonyl (C=O) groups is 1. The van der Waals surface area contributed by atoms with Crippen LogP contribution in [0.3, 0.4) is 0 Å². The van der Waals surface area contributed by atoms with Crippen LogP contribution in [0.15, 0.2) is 48.5 Å². The van der Waals surface area contributed by atoms with E-state index in [-0.39, 0.29) is 17.9 Å². The number of rotatable bonds is 8. The summed E-state index contributed by atoms with van der Waals surface area (Å²) >= 11 is 0. The van der Waals surface area contributed by atoms with Crippen molar-refractivity contribution in [3.05, 3.63) is 54.1 Å². The monoisotopic (exact) mass is 341 g/mol. The van der Waals surface area contributed by atoms with Crippen LogP contribution in [0.1, 0.15) is 18.4 Å². The molecule has 0 spiro atoms. The lowest BCUT2D eigenvalue weighted by Crippen LogP contribution is -2.35. The minimum atomic E-state index is -0.134. The summed E-state index contributed by atoms with van der Waals surface area (Å²) in [5.41, 5.74) is 1.28. The maximum absolute atomic E-state index is 12.1. The Morgan fingerprint density at radius 2 is 1.68 bits per heavy atom. The molecule has 5 nitrogen and oxygen atoms in total. The average Bonchev–Trinajstić information content (AvgIpc) is 3.46. The first-order valence-corrected chi connectivity index (χ1v) is 8.34. The van der Waals surface area contributed by atoms with E-state index in [4.69, 9.17) is 14.2 Å². The number of carbonyl (C=O) groups excluding carboxylic acids is 1. The van der Waals surface area contributed by atoms with E-state index in [9.17, 15) is 4.79 Å². The van der Waals surface area contributed by atoms with Crippen molar-refractivity contribution >= 4 is 5.91 Å². The third-order valence-electron chi connectivity index (χ3n) is 4.61. The summed E-state index contributed by atoms with van der Waals surface area (Å²) in [6.45, 7) is 0.590. The summed E-state index contributed by atoms with van der Waals surface area (Å²) in [7, 11) is 3.23. The van der Waals surface area contributed by atoms with Gasteiger partial charge in [-0.25, -0.2) is 0 Å². The fourth-order valence-corrected chi connectivity index (χ4v) is 2.86. The molecule has 5 heteroatoms. The quantitative estimate of drug-likeness (QED) is 0.802. The maximum atomic E-state index is 12.1. The molecule has 1 amide bonds. The Labute approximate surface area is 147 Å². The highest BCUT2D eigenvalue weighted by Crippen LogP contribution is 2.47. The second kappa shape index (κ2) is 7.47. The predicted molar refractivity (Wildman–Crippen MR) is 95.4 cm³/mol. The molecule has 0 saturated heterocycles. The van der Waals surface area contributed by atoms with Gasteiger partial charge in [0.2, 0.25) is 0 Å². The van der Waals surface area contributed by atoms with Crippen molar-refractivity contribution < 1.29 is 19.0 Å². The molecular weight excluding hydrogens is 318 g/mol. The number of nitrogens with one attached hydrogen (secondary N) is 1. The van der Waals surface area contributed by atoms with E-state index in [1.807, 2.05) is 24.3 Å². The predicted octanol–water partition coefficient (Wildman–Crippen LogP) is 2.93. The molecule has 0 radical (unpaired) electrons. The Morgan fingerprint density at radius 1 is 1.00 bits per heavy atom. The van der Waals surface area contributed by atoms with Gasteiger partial charge in [0.15, 0.2) is 18.1 Å². The molecule has 1 N–H and O–H groups in total. The van der Waals surface area contributed by atoms with Gasteiger partial charge in [-0.05, 0) is 42.7 Å². The Balaban J connectivity index is 1.51. The van der Waals surface area contributed by atoms with Crippen LogP contribution in [-0.4, -0.2) is 33.3 Å². The summed E-state index contributed by atoms with van der Waals surface area (Å²) in [5.74, 6) is 1.89. The van der Waals surface area contributed by atoms with Crippen LogP contribution in [-0.2, 0) is 10.2 Å². The molecule has 0 atom stereocenters. The first kappa shape index (κ1) is 17.1. The summed E-state index contributed by atoms with van der Waals surface area (Å²) < 4.78 is 16.0. The number of hydrogen-bond acceptors (Lipinski definition) is 4. The van der Waals surface area contributed by atoms with Crippen LogP contribution in [0.5, 0.6) is 17.2 Å². The van der Waals surface area contributed by atoms with E-state index in [1.165, 1.54) is 5.56 Å². The van der Waals surface area contributed by atoms with E-state index in [0.29, 0.717) is 18.0 Å². The molecule has 1 fully saturated rings. The topological polar surface area (TPSA) is 56.8 Å². The van der Waals surface area contributed by atoms with Gasteiger partial charge in [0.05, 0.1) is 14.2 Å². The van der Waals surface area contributed by atoms with Crippen LogP contribution in [0, 0.1) is 0 Å². The molecule has 1 saturated carbocycles. The Kier molecular flexibility index (Phi) is 5.12. The van der Waals surface area contributed by atoms with Crippen molar-refractivity contribution in [3.8, 4) is 17.2 Å². The number of benzene rings is 2. The zero-order valence-corrected chi connectivity index (χ0v) is 14.6. The molecule has 1 aliphatic rings. The third-order valence-corrected chi connectivity index (χ3v) is 4.61. The average molecular weight is 341 g/mol. The molecule has 2 aromatic rings. The van der Waals surface area contributed by atoms with Crippen LogP contribution >= 0.6 is 0 Å². The summed E-state index contributed by atoms with van der Waals surface area (Å²) in [5, 5.41) is 2.98.